The summed E-state index contributed by atoms with van der Waals surface area (Å²) in [7, 11) is 0. The summed E-state index contributed by atoms with van der Waals surface area (Å²) in [6.07, 6.45) is 2.49. The van der Waals surface area contributed by atoms with Crippen LogP contribution in [-0.4, -0.2) is 24.4 Å². The molecule has 0 aromatic heterocycles. The van der Waals surface area contributed by atoms with E-state index < -0.39 is 0 Å². The molecule has 1 saturated heterocycles. The zero-order valence-corrected chi connectivity index (χ0v) is 14.2. The number of hydrogen-bond acceptors (Lipinski definition) is 3. The van der Waals surface area contributed by atoms with Gasteiger partial charge in [0.1, 0.15) is 0 Å². The molecule has 1 heterocycles. The van der Waals surface area contributed by atoms with Gasteiger partial charge in [-0.1, -0.05) is 20.8 Å². The second-order valence-corrected chi connectivity index (χ2v) is 6.85. The Hall–Kier alpha value is -1.88. The highest BCUT2D eigenvalue weighted by Gasteiger charge is 2.24. The number of piperidine rings is 1. The van der Waals surface area contributed by atoms with Crippen LogP contribution in [0.1, 0.15) is 40.0 Å². The van der Waals surface area contributed by atoms with Gasteiger partial charge in [0.2, 0.25) is 11.8 Å². The zero-order chi connectivity index (χ0) is 16.8. The van der Waals surface area contributed by atoms with E-state index in [1.54, 1.807) is 0 Å². The normalized spacial score (nSPS) is 21.0. The van der Waals surface area contributed by atoms with E-state index >= 15 is 0 Å². The van der Waals surface area contributed by atoms with Gasteiger partial charge >= 0.3 is 0 Å². The molecule has 1 aromatic rings. The number of amides is 2. The first-order chi connectivity index (χ1) is 10.9. The molecular weight excluding hydrogens is 290 g/mol. The van der Waals surface area contributed by atoms with Crippen molar-refractivity contribution in [2.75, 3.05) is 17.2 Å². The first-order valence-corrected chi connectivity index (χ1v) is 8.38. The predicted molar refractivity (Wildman–Crippen MR) is 93.3 cm³/mol. The molecule has 126 valence electrons. The Labute approximate surface area is 138 Å². The molecule has 1 aliphatic heterocycles. The third kappa shape index (κ3) is 5.67. The maximum absolute atomic E-state index is 12.3. The van der Waals surface area contributed by atoms with Crippen molar-refractivity contribution >= 4 is 23.2 Å². The van der Waals surface area contributed by atoms with Crippen LogP contribution in [0.3, 0.4) is 0 Å². The summed E-state index contributed by atoms with van der Waals surface area (Å²) in [6, 6.07) is 7.13. The van der Waals surface area contributed by atoms with E-state index in [4.69, 9.17) is 0 Å². The van der Waals surface area contributed by atoms with Gasteiger partial charge in [-0.3, -0.25) is 9.59 Å². The van der Waals surface area contributed by atoms with Gasteiger partial charge in [-0.15, -0.1) is 0 Å². The highest BCUT2D eigenvalue weighted by molar-refractivity contribution is 5.95. The molecule has 2 atom stereocenters. The molecule has 5 nitrogen and oxygen atoms in total. The molecule has 1 aromatic carbocycles. The second-order valence-electron chi connectivity index (χ2n) is 6.85. The van der Waals surface area contributed by atoms with E-state index in [2.05, 4.69) is 22.9 Å². The molecule has 0 bridgehead atoms. The quantitative estimate of drug-likeness (QED) is 0.782. The molecule has 0 radical (unpaired) electrons. The van der Waals surface area contributed by atoms with Gasteiger partial charge in [0.15, 0.2) is 0 Å². The molecule has 2 unspecified atom stereocenters. The summed E-state index contributed by atoms with van der Waals surface area (Å²) in [5.74, 6) is 0.926. The van der Waals surface area contributed by atoms with Crippen molar-refractivity contribution in [3.63, 3.8) is 0 Å². The lowest BCUT2D eigenvalue weighted by molar-refractivity contribution is -0.119. The number of benzene rings is 1. The number of rotatable bonds is 5. The Morgan fingerprint density at radius 3 is 2.35 bits per heavy atom. The maximum Gasteiger partial charge on any atom is 0.241 e. The molecular formula is C18H27N3O2. The van der Waals surface area contributed by atoms with Crippen molar-refractivity contribution in [3.8, 4) is 0 Å². The lowest BCUT2D eigenvalue weighted by atomic mass is 9.94. The van der Waals surface area contributed by atoms with Gasteiger partial charge in [0.05, 0.1) is 6.04 Å². The van der Waals surface area contributed by atoms with Crippen LogP contribution in [0.15, 0.2) is 24.3 Å². The fourth-order valence-electron chi connectivity index (χ4n) is 2.76. The topological polar surface area (TPSA) is 70.2 Å². The standard InChI is InChI=1S/C18H27N3O2/c1-12(2)10-17(22)20-14-4-6-15(7-5-14)21-18(23)16-11-13(3)8-9-19-16/h4-7,12-13,16,19H,8-11H2,1-3H3,(H,20,22)(H,21,23). The van der Waals surface area contributed by atoms with Crippen molar-refractivity contribution in [3.05, 3.63) is 24.3 Å². The van der Waals surface area contributed by atoms with E-state index in [0.29, 0.717) is 18.3 Å². The van der Waals surface area contributed by atoms with Gasteiger partial charge in [0, 0.05) is 17.8 Å². The molecule has 1 aliphatic rings. The third-order valence-corrected chi connectivity index (χ3v) is 4.01. The van der Waals surface area contributed by atoms with E-state index in [0.717, 1.165) is 30.8 Å². The Bertz CT molecular complexity index is 540. The number of hydrogen-bond donors (Lipinski definition) is 3. The maximum atomic E-state index is 12.3. The SMILES string of the molecule is CC(C)CC(=O)Nc1ccc(NC(=O)C2CC(C)CCN2)cc1. The van der Waals surface area contributed by atoms with Crippen LogP contribution in [-0.2, 0) is 9.59 Å². The minimum absolute atomic E-state index is 0.00754. The van der Waals surface area contributed by atoms with Gasteiger partial charge in [-0.2, -0.15) is 0 Å². The van der Waals surface area contributed by atoms with Crippen molar-refractivity contribution in [2.45, 2.75) is 46.1 Å². The molecule has 0 aliphatic carbocycles. The van der Waals surface area contributed by atoms with Crippen molar-refractivity contribution in [2.24, 2.45) is 11.8 Å². The predicted octanol–water partition coefficient (Wildman–Crippen LogP) is 3.00. The smallest absolute Gasteiger partial charge is 0.241 e. The van der Waals surface area contributed by atoms with Crippen LogP contribution < -0.4 is 16.0 Å². The van der Waals surface area contributed by atoms with Gasteiger partial charge < -0.3 is 16.0 Å². The van der Waals surface area contributed by atoms with Gasteiger partial charge in [-0.25, -0.2) is 0 Å². The Kier molecular flexibility index (Phi) is 6.16. The van der Waals surface area contributed by atoms with E-state index in [1.807, 2.05) is 38.1 Å². The summed E-state index contributed by atoms with van der Waals surface area (Å²) in [5.41, 5.74) is 1.50. The van der Waals surface area contributed by atoms with Crippen LogP contribution in [0.4, 0.5) is 11.4 Å². The van der Waals surface area contributed by atoms with Crippen LogP contribution in [0.5, 0.6) is 0 Å². The minimum atomic E-state index is -0.121. The fourth-order valence-corrected chi connectivity index (χ4v) is 2.76. The average molecular weight is 317 g/mol. The molecule has 0 spiro atoms. The zero-order valence-electron chi connectivity index (χ0n) is 14.2. The largest absolute Gasteiger partial charge is 0.326 e. The third-order valence-electron chi connectivity index (χ3n) is 4.01. The monoisotopic (exact) mass is 317 g/mol. The van der Waals surface area contributed by atoms with E-state index in [-0.39, 0.29) is 17.9 Å². The summed E-state index contributed by atoms with van der Waals surface area (Å²) in [4.78, 5) is 24.0. The Morgan fingerprint density at radius 2 is 1.78 bits per heavy atom. The van der Waals surface area contributed by atoms with E-state index in [9.17, 15) is 9.59 Å². The number of nitrogens with one attached hydrogen (secondary N) is 3. The molecule has 2 rings (SSSR count). The van der Waals surface area contributed by atoms with Crippen molar-refractivity contribution in [1.82, 2.24) is 5.32 Å². The summed E-state index contributed by atoms with van der Waals surface area (Å²) < 4.78 is 0. The molecule has 0 saturated carbocycles. The lowest BCUT2D eigenvalue weighted by Crippen LogP contribution is -2.45. The van der Waals surface area contributed by atoms with Crippen LogP contribution in [0, 0.1) is 11.8 Å². The van der Waals surface area contributed by atoms with Gasteiger partial charge in [-0.05, 0) is 55.5 Å². The van der Waals surface area contributed by atoms with Crippen LogP contribution in [0.25, 0.3) is 0 Å². The number of carbonyl (C=O) groups is 2. The first-order valence-electron chi connectivity index (χ1n) is 8.38. The lowest BCUT2D eigenvalue weighted by Gasteiger charge is -2.27. The summed E-state index contributed by atoms with van der Waals surface area (Å²) in [6.45, 7) is 7.09. The van der Waals surface area contributed by atoms with Crippen LogP contribution in [0.2, 0.25) is 0 Å². The average Bonchev–Trinajstić information content (AvgIpc) is 2.48. The minimum Gasteiger partial charge on any atom is -0.326 e. The van der Waals surface area contributed by atoms with Crippen LogP contribution >= 0.6 is 0 Å². The number of carbonyl (C=O) groups excluding carboxylic acids is 2. The molecule has 2 amide bonds. The summed E-state index contributed by atoms with van der Waals surface area (Å²) >= 11 is 0. The first kappa shape index (κ1) is 17.5. The fraction of sp³-hybridized carbons (Fsp3) is 0.556. The highest BCUT2D eigenvalue weighted by Crippen LogP contribution is 2.18. The van der Waals surface area contributed by atoms with E-state index in [1.165, 1.54) is 0 Å². The Balaban J connectivity index is 1.87. The van der Waals surface area contributed by atoms with Crippen molar-refractivity contribution < 1.29 is 9.59 Å². The molecule has 1 fully saturated rings. The molecule has 3 N–H and O–H groups in total. The molecule has 23 heavy (non-hydrogen) atoms. The second kappa shape index (κ2) is 8.11. The van der Waals surface area contributed by atoms with Gasteiger partial charge in [0.25, 0.3) is 0 Å². The highest BCUT2D eigenvalue weighted by atomic mass is 16.2. The number of anilines is 2. The molecule has 5 heteroatoms. The van der Waals surface area contributed by atoms with Crippen molar-refractivity contribution in [1.29, 1.82) is 0 Å². The summed E-state index contributed by atoms with van der Waals surface area (Å²) in [5, 5.41) is 9.05. The Morgan fingerprint density at radius 1 is 1.17 bits per heavy atom.